The van der Waals surface area contributed by atoms with Gasteiger partial charge >= 0.3 is 0 Å². The van der Waals surface area contributed by atoms with Crippen LogP contribution in [-0.2, 0) is 0 Å². The van der Waals surface area contributed by atoms with E-state index in [9.17, 15) is 5.11 Å². The number of phenols is 1. The lowest BCUT2D eigenvalue weighted by molar-refractivity contribution is 0.476. The molecule has 0 aliphatic heterocycles. The third-order valence-corrected chi connectivity index (χ3v) is 3.57. The Morgan fingerprint density at radius 3 is 2.33 bits per heavy atom. The molecule has 0 aromatic heterocycles. The predicted molar refractivity (Wildman–Crippen MR) is 78.1 cm³/mol. The van der Waals surface area contributed by atoms with Gasteiger partial charge in [0.05, 0.1) is 0 Å². The van der Waals surface area contributed by atoms with Crippen LogP contribution >= 0.6 is 0 Å². The molecule has 0 bridgehead atoms. The van der Waals surface area contributed by atoms with Gasteiger partial charge in [-0.25, -0.2) is 0 Å². The molecule has 1 unspecified atom stereocenters. The van der Waals surface area contributed by atoms with Gasteiger partial charge in [-0.05, 0) is 53.1 Å². The van der Waals surface area contributed by atoms with E-state index in [1.807, 2.05) is 12.1 Å². The first-order valence-corrected chi connectivity index (χ1v) is 6.82. The molecule has 0 spiro atoms. The first-order valence-electron chi connectivity index (χ1n) is 6.82. The molecule has 0 fully saturated rings. The average molecular weight is 242 g/mol. The second-order valence-corrected chi connectivity index (χ2v) is 5.53. The Hall–Kier alpha value is -1.50. The number of fused-ring (bicyclic) bond motifs is 1. The maximum absolute atomic E-state index is 9.47. The molecule has 1 atom stereocenters. The second kappa shape index (κ2) is 5.43. The summed E-state index contributed by atoms with van der Waals surface area (Å²) in [5, 5.41) is 11.8. The predicted octanol–water partition coefficient (Wildman–Crippen LogP) is 5.09. The van der Waals surface area contributed by atoms with E-state index in [-0.39, 0.29) is 0 Å². The summed E-state index contributed by atoms with van der Waals surface area (Å²) in [5.74, 6) is 1.71. The number of hydrogen-bond acceptors (Lipinski definition) is 1. The molecule has 0 heterocycles. The minimum atomic E-state index is 0.337. The van der Waals surface area contributed by atoms with Gasteiger partial charge in [-0.2, -0.15) is 0 Å². The number of phenolic OH excluding ortho intramolecular Hbond substituents is 1. The fourth-order valence-electron chi connectivity index (χ4n) is 2.61. The SMILES string of the molecule is CCC(CC(C)C)c1ccc2cc(O)ccc2c1. The lowest BCUT2D eigenvalue weighted by Crippen LogP contribution is -2.01. The molecule has 0 radical (unpaired) electrons. The summed E-state index contributed by atoms with van der Waals surface area (Å²) in [6.07, 6.45) is 2.42. The largest absolute Gasteiger partial charge is 0.508 e. The average Bonchev–Trinajstić information content (AvgIpc) is 2.35. The van der Waals surface area contributed by atoms with Gasteiger partial charge in [0.25, 0.3) is 0 Å². The van der Waals surface area contributed by atoms with Crippen molar-refractivity contribution in [1.82, 2.24) is 0 Å². The number of aromatic hydroxyl groups is 1. The standard InChI is InChI=1S/C17H22O/c1-4-13(9-12(2)3)14-5-6-16-11-17(18)8-7-15(16)10-14/h5-8,10-13,18H,4,9H2,1-3H3. The van der Waals surface area contributed by atoms with Gasteiger partial charge in [-0.1, -0.05) is 45.0 Å². The highest BCUT2D eigenvalue weighted by atomic mass is 16.3. The molecular formula is C17H22O. The first kappa shape index (κ1) is 12.9. The van der Waals surface area contributed by atoms with E-state index in [0.717, 1.165) is 11.3 Å². The van der Waals surface area contributed by atoms with E-state index in [1.165, 1.54) is 23.8 Å². The Labute approximate surface area is 109 Å². The maximum Gasteiger partial charge on any atom is 0.116 e. The van der Waals surface area contributed by atoms with Gasteiger partial charge in [-0.3, -0.25) is 0 Å². The van der Waals surface area contributed by atoms with Crippen molar-refractivity contribution in [2.45, 2.75) is 39.5 Å². The first-order chi connectivity index (χ1) is 8.60. The van der Waals surface area contributed by atoms with Crippen LogP contribution in [0.15, 0.2) is 36.4 Å². The van der Waals surface area contributed by atoms with E-state index in [1.54, 1.807) is 6.07 Å². The Bertz CT molecular complexity index is 528. The smallest absolute Gasteiger partial charge is 0.116 e. The molecule has 2 aromatic rings. The topological polar surface area (TPSA) is 20.2 Å². The fourth-order valence-corrected chi connectivity index (χ4v) is 2.61. The normalized spacial score (nSPS) is 13.1. The van der Waals surface area contributed by atoms with Gasteiger partial charge in [0.2, 0.25) is 0 Å². The minimum absolute atomic E-state index is 0.337. The zero-order valence-electron chi connectivity index (χ0n) is 11.5. The van der Waals surface area contributed by atoms with Crippen molar-refractivity contribution < 1.29 is 5.11 Å². The Balaban J connectivity index is 2.36. The van der Waals surface area contributed by atoms with Gasteiger partial charge in [0.1, 0.15) is 5.75 Å². The molecule has 0 amide bonds. The van der Waals surface area contributed by atoms with Gasteiger partial charge in [0, 0.05) is 0 Å². The van der Waals surface area contributed by atoms with Crippen molar-refractivity contribution in [2.24, 2.45) is 5.92 Å². The van der Waals surface area contributed by atoms with Crippen molar-refractivity contribution in [1.29, 1.82) is 0 Å². The minimum Gasteiger partial charge on any atom is -0.508 e. The van der Waals surface area contributed by atoms with Crippen LogP contribution in [0.1, 0.15) is 45.1 Å². The second-order valence-electron chi connectivity index (χ2n) is 5.53. The van der Waals surface area contributed by atoms with E-state index in [4.69, 9.17) is 0 Å². The summed E-state index contributed by atoms with van der Waals surface area (Å²) in [5.41, 5.74) is 1.42. The molecule has 96 valence electrons. The van der Waals surface area contributed by atoms with E-state index < -0.39 is 0 Å². The van der Waals surface area contributed by atoms with Crippen LogP contribution in [0.4, 0.5) is 0 Å². The molecule has 1 N–H and O–H groups in total. The summed E-state index contributed by atoms with van der Waals surface area (Å²) in [7, 11) is 0. The summed E-state index contributed by atoms with van der Waals surface area (Å²) >= 11 is 0. The molecule has 1 heteroatoms. The molecule has 2 rings (SSSR count). The summed E-state index contributed by atoms with van der Waals surface area (Å²) in [4.78, 5) is 0. The van der Waals surface area contributed by atoms with Crippen LogP contribution in [0.5, 0.6) is 5.75 Å². The van der Waals surface area contributed by atoms with Crippen LogP contribution in [-0.4, -0.2) is 5.11 Å². The highest BCUT2D eigenvalue weighted by molar-refractivity contribution is 5.84. The zero-order valence-corrected chi connectivity index (χ0v) is 11.5. The highest BCUT2D eigenvalue weighted by Gasteiger charge is 2.11. The summed E-state index contributed by atoms with van der Waals surface area (Å²) in [6, 6.07) is 12.2. The highest BCUT2D eigenvalue weighted by Crippen LogP contribution is 2.30. The zero-order chi connectivity index (χ0) is 13.1. The lowest BCUT2D eigenvalue weighted by atomic mass is 9.87. The van der Waals surface area contributed by atoms with E-state index >= 15 is 0 Å². The van der Waals surface area contributed by atoms with E-state index in [2.05, 4.69) is 39.0 Å². The monoisotopic (exact) mass is 242 g/mol. The quantitative estimate of drug-likeness (QED) is 0.792. The molecule has 0 saturated heterocycles. The van der Waals surface area contributed by atoms with Gasteiger partial charge in [-0.15, -0.1) is 0 Å². The van der Waals surface area contributed by atoms with Gasteiger partial charge in [0.15, 0.2) is 0 Å². The number of benzene rings is 2. The van der Waals surface area contributed by atoms with Crippen LogP contribution < -0.4 is 0 Å². The molecule has 2 aromatic carbocycles. The van der Waals surface area contributed by atoms with Gasteiger partial charge < -0.3 is 5.11 Å². The fraction of sp³-hybridized carbons (Fsp3) is 0.412. The van der Waals surface area contributed by atoms with Crippen molar-refractivity contribution in [3.8, 4) is 5.75 Å². The Kier molecular flexibility index (Phi) is 3.90. The molecule has 18 heavy (non-hydrogen) atoms. The van der Waals surface area contributed by atoms with Crippen LogP contribution in [0, 0.1) is 5.92 Å². The number of rotatable bonds is 4. The molecule has 1 nitrogen and oxygen atoms in total. The van der Waals surface area contributed by atoms with Crippen molar-refractivity contribution in [3.63, 3.8) is 0 Å². The number of hydrogen-bond donors (Lipinski definition) is 1. The lowest BCUT2D eigenvalue weighted by Gasteiger charge is -2.18. The maximum atomic E-state index is 9.47. The molecular weight excluding hydrogens is 220 g/mol. The van der Waals surface area contributed by atoms with Crippen molar-refractivity contribution >= 4 is 10.8 Å². The summed E-state index contributed by atoms with van der Waals surface area (Å²) in [6.45, 7) is 6.82. The van der Waals surface area contributed by atoms with Crippen molar-refractivity contribution in [3.05, 3.63) is 42.0 Å². The Morgan fingerprint density at radius 1 is 1.00 bits per heavy atom. The van der Waals surface area contributed by atoms with Crippen molar-refractivity contribution in [2.75, 3.05) is 0 Å². The van der Waals surface area contributed by atoms with E-state index in [0.29, 0.717) is 11.7 Å². The third kappa shape index (κ3) is 2.84. The Morgan fingerprint density at radius 2 is 1.67 bits per heavy atom. The molecule has 0 aliphatic rings. The van der Waals surface area contributed by atoms with Crippen LogP contribution in [0.2, 0.25) is 0 Å². The van der Waals surface area contributed by atoms with Crippen LogP contribution in [0.3, 0.4) is 0 Å². The molecule has 0 saturated carbocycles. The summed E-state index contributed by atoms with van der Waals surface area (Å²) < 4.78 is 0. The third-order valence-electron chi connectivity index (χ3n) is 3.57. The molecule has 0 aliphatic carbocycles. The van der Waals surface area contributed by atoms with Crippen LogP contribution in [0.25, 0.3) is 10.8 Å².